The highest BCUT2D eigenvalue weighted by atomic mass is 16.5. The van der Waals surface area contributed by atoms with Crippen LogP contribution in [0.2, 0.25) is 0 Å². The molecule has 2 atom stereocenters. The second kappa shape index (κ2) is 7.99. The number of allylic oxidation sites excluding steroid dienone is 2. The number of esters is 1. The molecule has 6 nitrogen and oxygen atoms in total. The lowest BCUT2D eigenvalue weighted by molar-refractivity contribution is -0.136. The van der Waals surface area contributed by atoms with Crippen molar-refractivity contribution in [1.82, 2.24) is 0 Å². The van der Waals surface area contributed by atoms with E-state index in [0.717, 1.165) is 18.2 Å². The van der Waals surface area contributed by atoms with Crippen LogP contribution in [0, 0.1) is 0 Å². The fourth-order valence-corrected chi connectivity index (χ4v) is 3.50. The molecule has 2 aromatic carbocycles. The van der Waals surface area contributed by atoms with Crippen molar-refractivity contribution in [2.45, 2.75) is 31.9 Å². The first kappa shape index (κ1) is 19.1. The Morgan fingerprint density at radius 2 is 2.10 bits per heavy atom. The molecule has 150 valence electrons. The number of carbonyl (C=O) groups is 1. The second-order valence-corrected chi connectivity index (χ2v) is 7.01. The molecule has 1 heterocycles. The average molecular weight is 393 g/mol. The quantitative estimate of drug-likeness (QED) is 0.595. The molecule has 2 unspecified atom stereocenters. The van der Waals surface area contributed by atoms with Gasteiger partial charge in [-0.25, -0.2) is 9.79 Å². The SMILES string of the molecule is CCCCOc1ccc2ccc(C3=NC4C(C(=O)OC)=CC=CC4O3)c(O)c2c1. The van der Waals surface area contributed by atoms with Gasteiger partial charge in [-0.15, -0.1) is 0 Å². The predicted molar refractivity (Wildman–Crippen MR) is 110 cm³/mol. The number of methoxy groups -OCH3 is 1. The molecule has 0 aromatic heterocycles. The van der Waals surface area contributed by atoms with Gasteiger partial charge in [-0.1, -0.05) is 31.6 Å². The summed E-state index contributed by atoms with van der Waals surface area (Å²) in [5.41, 5.74) is 0.914. The minimum atomic E-state index is -0.485. The molecule has 29 heavy (non-hydrogen) atoms. The van der Waals surface area contributed by atoms with Crippen LogP contribution in [0.4, 0.5) is 0 Å². The van der Waals surface area contributed by atoms with Gasteiger partial charge in [0.25, 0.3) is 0 Å². The molecule has 2 aromatic rings. The van der Waals surface area contributed by atoms with E-state index in [2.05, 4.69) is 11.9 Å². The smallest absolute Gasteiger partial charge is 0.336 e. The van der Waals surface area contributed by atoms with Crippen LogP contribution in [-0.4, -0.2) is 42.8 Å². The summed E-state index contributed by atoms with van der Waals surface area (Å²) in [5.74, 6) is 0.654. The van der Waals surface area contributed by atoms with E-state index >= 15 is 0 Å². The lowest BCUT2D eigenvalue weighted by atomic mass is 9.97. The maximum absolute atomic E-state index is 12.0. The molecule has 1 aliphatic carbocycles. The van der Waals surface area contributed by atoms with E-state index in [4.69, 9.17) is 14.2 Å². The van der Waals surface area contributed by atoms with Crippen molar-refractivity contribution >= 4 is 22.6 Å². The van der Waals surface area contributed by atoms with Gasteiger partial charge in [-0.3, -0.25) is 0 Å². The number of aromatic hydroxyl groups is 1. The molecular weight excluding hydrogens is 370 g/mol. The summed E-state index contributed by atoms with van der Waals surface area (Å²) in [7, 11) is 1.34. The first-order valence-electron chi connectivity index (χ1n) is 9.72. The summed E-state index contributed by atoms with van der Waals surface area (Å²) in [4.78, 5) is 16.6. The van der Waals surface area contributed by atoms with E-state index in [-0.39, 0.29) is 5.75 Å². The summed E-state index contributed by atoms with van der Waals surface area (Å²) in [6.45, 7) is 2.74. The third kappa shape index (κ3) is 3.58. The lowest BCUT2D eigenvalue weighted by Crippen LogP contribution is -2.28. The Kier molecular flexibility index (Phi) is 5.25. The van der Waals surface area contributed by atoms with Crippen LogP contribution in [0.1, 0.15) is 25.3 Å². The van der Waals surface area contributed by atoms with Crippen molar-refractivity contribution < 1.29 is 24.1 Å². The zero-order chi connectivity index (χ0) is 20.4. The average Bonchev–Trinajstić information content (AvgIpc) is 3.18. The minimum Gasteiger partial charge on any atom is -0.506 e. The number of unbranched alkanes of at least 4 members (excludes halogenated alkanes) is 1. The number of hydrogen-bond acceptors (Lipinski definition) is 6. The van der Waals surface area contributed by atoms with Crippen LogP contribution in [0.3, 0.4) is 0 Å². The number of rotatable bonds is 6. The van der Waals surface area contributed by atoms with E-state index in [1.807, 2.05) is 30.3 Å². The number of phenolic OH excluding ortho intramolecular Hbond substituents is 1. The van der Waals surface area contributed by atoms with Gasteiger partial charge in [0.2, 0.25) is 5.90 Å². The molecule has 0 bridgehead atoms. The van der Waals surface area contributed by atoms with E-state index in [0.29, 0.717) is 34.8 Å². The first-order chi connectivity index (χ1) is 14.1. The molecule has 0 fully saturated rings. The van der Waals surface area contributed by atoms with Crippen LogP contribution in [0.25, 0.3) is 10.8 Å². The van der Waals surface area contributed by atoms with E-state index in [1.54, 1.807) is 18.2 Å². The van der Waals surface area contributed by atoms with Crippen molar-refractivity contribution in [2.24, 2.45) is 4.99 Å². The Balaban J connectivity index is 1.67. The summed E-state index contributed by atoms with van der Waals surface area (Å²) < 4.78 is 16.5. The van der Waals surface area contributed by atoms with E-state index < -0.39 is 18.1 Å². The third-order valence-electron chi connectivity index (χ3n) is 5.09. The number of fused-ring (bicyclic) bond motifs is 2. The van der Waals surface area contributed by atoms with Crippen LogP contribution < -0.4 is 4.74 Å². The van der Waals surface area contributed by atoms with Crippen molar-refractivity contribution in [2.75, 3.05) is 13.7 Å². The third-order valence-corrected chi connectivity index (χ3v) is 5.09. The highest BCUT2D eigenvalue weighted by Gasteiger charge is 2.38. The summed E-state index contributed by atoms with van der Waals surface area (Å²) >= 11 is 0. The fraction of sp³-hybridized carbons (Fsp3) is 0.304. The summed E-state index contributed by atoms with van der Waals surface area (Å²) in [6, 6.07) is 8.83. The van der Waals surface area contributed by atoms with Gasteiger partial charge in [0, 0.05) is 5.39 Å². The Morgan fingerprint density at radius 1 is 1.28 bits per heavy atom. The monoisotopic (exact) mass is 393 g/mol. The van der Waals surface area contributed by atoms with Gasteiger partial charge >= 0.3 is 5.97 Å². The van der Waals surface area contributed by atoms with Crippen molar-refractivity contribution in [3.05, 3.63) is 59.7 Å². The number of ether oxygens (including phenoxy) is 3. The predicted octanol–water partition coefficient (Wildman–Crippen LogP) is 3.91. The van der Waals surface area contributed by atoms with E-state index in [9.17, 15) is 9.90 Å². The standard InChI is InChI=1S/C23H23NO5/c1-3-4-12-28-15-10-8-14-9-11-17(21(25)18(14)13-15)22-24-20-16(23(26)27-2)6-5-7-19(20)29-22/h5-11,13,19-20,25H,3-4,12H2,1-2H3. The number of carbonyl (C=O) groups excluding carboxylic acids is 1. The second-order valence-electron chi connectivity index (χ2n) is 7.01. The molecular formula is C23H23NO5. The van der Waals surface area contributed by atoms with Gasteiger partial charge in [0.1, 0.15) is 23.6 Å². The first-order valence-corrected chi connectivity index (χ1v) is 9.72. The van der Waals surface area contributed by atoms with Gasteiger partial charge in [0.15, 0.2) is 0 Å². The molecule has 0 amide bonds. The Bertz CT molecular complexity index is 1040. The zero-order valence-electron chi connectivity index (χ0n) is 16.4. The normalized spacial score (nSPS) is 19.9. The van der Waals surface area contributed by atoms with Crippen LogP contribution >= 0.6 is 0 Å². The Labute approximate surface area is 169 Å². The molecule has 0 spiro atoms. The molecule has 1 aliphatic heterocycles. The highest BCUT2D eigenvalue weighted by Crippen LogP contribution is 2.35. The number of aliphatic imine (C=N–C) groups is 1. The van der Waals surface area contributed by atoms with Crippen molar-refractivity contribution in [1.29, 1.82) is 0 Å². The number of phenols is 1. The Morgan fingerprint density at radius 3 is 2.90 bits per heavy atom. The molecule has 0 saturated carbocycles. The lowest BCUT2D eigenvalue weighted by Gasteiger charge is -2.18. The summed E-state index contributed by atoms with van der Waals surface area (Å²) in [6.07, 6.45) is 6.91. The van der Waals surface area contributed by atoms with Gasteiger partial charge in [-0.2, -0.15) is 0 Å². The number of nitrogens with zero attached hydrogens (tertiary/aromatic N) is 1. The van der Waals surface area contributed by atoms with Gasteiger partial charge < -0.3 is 19.3 Å². The maximum Gasteiger partial charge on any atom is 0.336 e. The molecule has 0 saturated heterocycles. The molecule has 1 N–H and O–H groups in total. The van der Waals surface area contributed by atoms with Crippen LogP contribution in [-0.2, 0) is 14.3 Å². The molecule has 0 radical (unpaired) electrons. The topological polar surface area (TPSA) is 77.4 Å². The largest absolute Gasteiger partial charge is 0.506 e. The number of benzene rings is 2. The number of hydrogen-bond donors (Lipinski definition) is 1. The van der Waals surface area contributed by atoms with Crippen LogP contribution in [0.15, 0.2) is 59.1 Å². The molecule has 2 aliphatic rings. The van der Waals surface area contributed by atoms with Crippen molar-refractivity contribution in [3.8, 4) is 11.5 Å². The minimum absolute atomic E-state index is 0.0772. The zero-order valence-corrected chi connectivity index (χ0v) is 16.4. The fourth-order valence-electron chi connectivity index (χ4n) is 3.50. The van der Waals surface area contributed by atoms with Gasteiger partial charge in [-0.05, 0) is 42.2 Å². The van der Waals surface area contributed by atoms with Crippen molar-refractivity contribution in [3.63, 3.8) is 0 Å². The van der Waals surface area contributed by atoms with Gasteiger partial charge in [0.05, 0.1) is 24.9 Å². The molecule has 4 rings (SSSR count). The van der Waals surface area contributed by atoms with Crippen LogP contribution in [0.5, 0.6) is 11.5 Å². The maximum atomic E-state index is 12.0. The molecule has 6 heteroatoms. The Hall–Kier alpha value is -3.28. The van der Waals surface area contributed by atoms with E-state index in [1.165, 1.54) is 7.11 Å². The summed E-state index contributed by atoms with van der Waals surface area (Å²) in [5, 5.41) is 12.5. The highest BCUT2D eigenvalue weighted by molar-refractivity contribution is 6.05.